The van der Waals surface area contributed by atoms with E-state index in [9.17, 15) is 8.42 Å². The van der Waals surface area contributed by atoms with E-state index in [0.717, 1.165) is 6.54 Å². The first kappa shape index (κ1) is 16.2. The average molecular weight is 290 g/mol. The van der Waals surface area contributed by atoms with Crippen LogP contribution in [0.4, 0.5) is 0 Å². The molecule has 0 aliphatic carbocycles. The minimum atomic E-state index is -3.50. The smallest absolute Gasteiger partial charge is 0.244 e. The summed E-state index contributed by atoms with van der Waals surface area (Å²) in [5.74, 6) is 1.03. The number of ether oxygens (including phenoxy) is 1. The molecule has 19 heavy (non-hydrogen) atoms. The minimum Gasteiger partial charge on any atom is -0.464 e. The summed E-state index contributed by atoms with van der Waals surface area (Å²) in [4.78, 5) is 0.206. The summed E-state index contributed by atoms with van der Waals surface area (Å²) in [6.07, 6.45) is 0.636. The predicted octanol–water partition coefficient (Wildman–Crippen LogP) is 1.01. The van der Waals surface area contributed by atoms with E-state index in [4.69, 9.17) is 9.15 Å². The largest absolute Gasteiger partial charge is 0.464 e. The first-order valence-electron chi connectivity index (χ1n) is 6.30. The number of hydrogen-bond donors (Lipinski definition) is 2. The third kappa shape index (κ3) is 4.94. The number of furan rings is 1. The monoisotopic (exact) mass is 290 g/mol. The lowest BCUT2D eigenvalue weighted by atomic mass is 10.4. The van der Waals surface area contributed by atoms with E-state index >= 15 is 0 Å². The Morgan fingerprint density at radius 2 is 2.16 bits per heavy atom. The van der Waals surface area contributed by atoms with Crippen LogP contribution in [0, 0.1) is 6.92 Å². The molecular weight excluding hydrogens is 268 g/mol. The van der Waals surface area contributed by atoms with Crippen LogP contribution in [-0.2, 0) is 21.3 Å². The number of aryl methyl sites for hydroxylation is 1. The SMILES string of the molecule is CCNCc1cc(S(=O)(=O)NCCCOC)c(C)o1. The summed E-state index contributed by atoms with van der Waals surface area (Å²) in [5, 5.41) is 3.09. The van der Waals surface area contributed by atoms with Gasteiger partial charge in [0.2, 0.25) is 10.0 Å². The van der Waals surface area contributed by atoms with Gasteiger partial charge in [-0.1, -0.05) is 6.92 Å². The molecule has 1 aromatic rings. The molecule has 1 rings (SSSR count). The van der Waals surface area contributed by atoms with Crippen LogP contribution in [0.1, 0.15) is 24.9 Å². The molecule has 0 bridgehead atoms. The number of nitrogens with one attached hydrogen (secondary N) is 2. The molecule has 1 heterocycles. The van der Waals surface area contributed by atoms with Crippen LogP contribution in [0.15, 0.2) is 15.4 Å². The molecule has 0 unspecified atom stereocenters. The van der Waals surface area contributed by atoms with E-state index in [1.54, 1.807) is 20.1 Å². The van der Waals surface area contributed by atoms with Gasteiger partial charge in [0.25, 0.3) is 0 Å². The minimum absolute atomic E-state index is 0.206. The third-order valence-electron chi connectivity index (χ3n) is 2.58. The van der Waals surface area contributed by atoms with Crippen molar-refractivity contribution in [1.82, 2.24) is 10.0 Å². The van der Waals surface area contributed by atoms with E-state index in [-0.39, 0.29) is 4.90 Å². The van der Waals surface area contributed by atoms with Gasteiger partial charge in [-0.05, 0) is 19.9 Å². The van der Waals surface area contributed by atoms with Gasteiger partial charge in [-0.3, -0.25) is 0 Å². The number of sulfonamides is 1. The lowest BCUT2D eigenvalue weighted by molar-refractivity contribution is 0.196. The van der Waals surface area contributed by atoms with Crippen molar-refractivity contribution in [3.05, 3.63) is 17.6 Å². The van der Waals surface area contributed by atoms with Crippen molar-refractivity contribution < 1.29 is 17.6 Å². The first-order chi connectivity index (χ1) is 9.01. The highest BCUT2D eigenvalue weighted by Gasteiger charge is 2.20. The van der Waals surface area contributed by atoms with Crippen molar-refractivity contribution in [3.63, 3.8) is 0 Å². The van der Waals surface area contributed by atoms with Crippen molar-refractivity contribution in [2.75, 3.05) is 26.8 Å². The van der Waals surface area contributed by atoms with Gasteiger partial charge >= 0.3 is 0 Å². The Morgan fingerprint density at radius 1 is 1.42 bits per heavy atom. The molecule has 0 aliphatic heterocycles. The molecule has 0 spiro atoms. The van der Waals surface area contributed by atoms with E-state index in [2.05, 4.69) is 10.0 Å². The molecule has 6 nitrogen and oxygen atoms in total. The molecular formula is C12H22N2O4S. The summed E-state index contributed by atoms with van der Waals surface area (Å²) in [7, 11) is -1.92. The Labute approximate surface area is 114 Å². The summed E-state index contributed by atoms with van der Waals surface area (Å²) in [6.45, 7) is 5.83. The maximum atomic E-state index is 12.1. The zero-order chi connectivity index (χ0) is 14.3. The quantitative estimate of drug-likeness (QED) is 0.664. The standard InChI is InChI=1S/C12H22N2O4S/c1-4-13-9-11-8-12(10(2)18-11)19(15,16)14-6-5-7-17-3/h8,13-14H,4-7,9H2,1-3H3. The molecule has 0 amide bonds. The molecule has 0 saturated heterocycles. The van der Waals surface area contributed by atoms with Gasteiger partial charge in [0, 0.05) is 26.3 Å². The topological polar surface area (TPSA) is 80.6 Å². The highest BCUT2D eigenvalue weighted by molar-refractivity contribution is 7.89. The number of rotatable bonds is 9. The molecule has 110 valence electrons. The Bertz CT molecular complexity index is 482. The van der Waals surface area contributed by atoms with Gasteiger partial charge in [-0.25, -0.2) is 13.1 Å². The van der Waals surface area contributed by atoms with E-state index in [1.807, 2.05) is 6.92 Å². The van der Waals surface area contributed by atoms with Crippen LogP contribution < -0.4 is 10.0 Å². The van der Waals surface area contributed by atoms with Gasteiger partial charge in [-0.15, -0.1) is 0 Å². The van der Waals surface area contributed by atoms with Crippen LogP contribution in [0.25, 0.3) is 0 Å². The molecule has 0 saturated carbocycles. The van der Waals surface area contributed by atoms with Gasteiger partial charge in [0.05, 0.1) is 6.54 Å². The summed E-state index contributed by atoms with van der Waals surface area (Å²) < 4.78 is 37.0. The molecule has 0 radical (unpaired) electrons. The Kier molecular flexibility index (Phi) is 6.50. The van der Waals surface area contributed by atoms with Gasteiger partial charge in [-0.2, -0.15) is 0 Å². The second-order valence-corrected chi connectivity index (χ2v) is 5.89. The maximum absolute atomic E-state index is 12.1. The second kappa shape index (κ2) is 7.64. The lowest BCUT2D eigenvalue weighted by Crippen LogP contribution is -2.25. The Hall–Kier alpha value is -0.890. The highest BCUT2D eigenvalue weighted by atomic mass is 32.2. The predicted molar refractivity (Wildman–Crippen MR) is 72.5 cm³/mol. The third-order valence-corrected chi connectivity index (χ3v) is 4.15. The molecule has 1 aromatic heterocycles. The fourth-order valence-corrected chi connectivity index (χ4v) is 2.90. The lowest BCUT2D eigenvalue weighted by Gasteiger charge is -2.04. The van der Waals surface area contributed by atoms with Crippen LogP contribution in [-0.4, -0.2) is 35.2 Å². The van der Waals surface area contributed by atoms with Crippen molar-refractivity contribution in [2.24, 2.45) is 0 Å². The number of methoxy groups -OCH3 is 1. The Balaban J connectivity index is 2.69. The van der Waals surface area contributed by atoms with Crippen molar-refractivity contribution in [2.45, 2.75) is 31.7 Å². The van der Waals surface area contributed by atoms with Crippen molar-refractivity contribution in [3.8, 4) is 0 Å². The zero-order valence-electron chi connectivity index (χ0n) is 11.7. The summed E-state index contributed by atoms with van der Waals surface area (Å²) in [5.41, 5.74) is 0. The highest BCUT2D eigenvalue weighted by Crippen LogP contribution is 2.19. The van der Waals surface area contributed by atoms with Crippen LogP contribution >= 0.6 is 0 Å². The molecule has 0 aromatic carbocycles. The second-order valence-electron chi connectivity index (χ2n) is 4.16. The van der Waals surface area contributed by atoms with Gasteiger partial charge in [0.15, 0.2) is 0 Å². The normalized spacial score (nSPS) is 11.9. The van der Waals surface area contributed by atoms with Gasteiger partial charge < -0.3 is 14.5 Å². The molecule has 7 heteroatoms. The van der Waals surface area contributed by atoms with E-state index < -0.39 is 10.0 Å². The fraction of sp³-hybridized carbons (Fsp3) is 0.667. The van der Waals surface area contributed by atoms with E-state index in [0.29, 0.717) is 37.6 Å². The van der Waals surface area contributed by atoms with Crippen LogP contribution in [0.3, 0.4) is 0 Å². The molecule has 0 fully saturated rings. The van der Waals surface area contributed by atoms with Crippen LogP contribution in [0.2, 0.25) is 0 Å². The fourth-order valence-electron chi connectivity index (χ4n) is 1.63. The zero-order valence-corrected chi connectivity index (χ0v) is 12.5. The summed E-state index contributed by atoms with van der Waals surface area (Å²) in [6, 6.07) is 1.57. The van der Waals surface area contributed by atoms with Crippen molar-refractivity contribution >= 4 is 10.0 Å². The number of hydrogen-bond acceptors (Lipinski definition) is 5. The van der Waals surface area contributed by atoms with Crippen LogP contribution in [0.5, 0.6) is 0 Å². The van der Waals surface area contributed by atoms with E-state index in [1.165, 1.54) is 0 Å². The summed E-state index contributed by atoms with van der Waals surface area (Å²) >= 11 is 0. The van der Waals surface area contributed by atoms with Gasteiger partial charge in [0.1, 0.15) is 16.4 Å². The molecule has 0 aliphatic rings. The molecule has 0 atom stereocenters. The molecule has 2 N–H and O–H groups in total. The first-order valence-corrected chi connectivity index (χ1v) is 7.78. The van der Waals surface area contributed by atoms with Crippen molar-refractivity contribution in [1.29, 1.82) is 0 Å². The Morgan fingerprint density at radius 3 is 2.79 bits per heavy atom. The average Bonchev–Trinajstić information content (AvgIpc) is 2.74. The maximum Gasteiger partial charge on any atom is 0.244 e.